The molecule has 4 nitrogen and oxygen atoms in total. The Hall–Kier alpha value is -2.57. The molecule has 0 aliphatic carbocycles. The molecule has 1 aromatic carbocycles. The van der Waals surface area contributed by atoms with E-state index in [9.17, 15) is 18.0 Å². The molecule has 1 aliphatic heterocycles. The first-order valence-electron chi connectivity index (χ1n) is 9.05. The zero-order valence-corrected chi connectivity index (χ0v) is 15.2. The molecule has 1 amide bonds. The predicted octanol–water partition coefficient (Wildman–Crippen LogP) is 4.02. The average molecular weight is 377 g/mol. The fourth-order valence-electron chi connectivity index (χ4n) is 3.16. The highest BCUT2D eigenvalue weighted by Crippen LogP contribution is 2.29. The van der Waals surface area contributed by atoms with Crippen LogP contribution in [-0.4, -0.2) is 42.0 Å². The second-order valence-electron chi connectivity index (χ2n) is 6.59. The molecule has 27 heavy (non-hydrogen) atoms. The number of amides is 1. The SMILES string of the molecule is CCc1ccc(C(=O)N2CCCN(c3ccc(C(F)(F)F)cn3)CC2)cc1. The number of carbonyl (C=O) groups excluding carboxylic acids is 1. The van der Waals surface area contributed by atoms with Crippen molar-refractivity contribution in [3.05, 3.63) is 59.3 Å². The maximum atomic E-state index is 12.7. The van der Waals surface area contributed by atoms with Crippen LogP contribution in [0, 0.1) is 0 Å². The molecular formula is C20H22F3N3O. The molecule has 1 saturated heterocycles. The number of benzene rings is 1. The summed E-state index contributed by atoms with van der Waals surface area (Å²) in [7, 11) is 0. The van der Waals surface area contributed by atoms with Crippen molar-refractivity contribution in [2.75, 3.05) is 31.1 Å². The number of aryl methyl sites for hydroxylation is 1. The first-order valence-corrected chi connectivity index (χ1v) is 9.05. The van der Waals surface area contributed by atoms with E-state index in [1.54, 1.807) is 4.90 Å². The minimum atomic E-state index is -4.39. The second kappa shape index (κ2) is 7.98. The fourth-order valence-corrected chi connectivity index (χ4v) is 3.16. The van der Waals surface area contributed by atoms with Gasteiger partial charge in [0.05, 0.1) is 5.56 Å². The van der Waals surface area contributed by atoms with E-state index in [0.717, 1.165) is 25.1 Å². The first kappa shape index (κ1) is 19.2. The highest BCUT2D eigenvalue weighted by Gasteiger charge is 2.31. The number of pyridine rings is 1. The van der Waals surface area contributed by atoms with Gasteiger partial charge in [-0.25, -0.2) is 4.98 Å². The van der Waals surface area contributed by atoms with Gasteiger partial charge in [0, 0.05) is 37.9 Å². The molecule has 0 atom stereocenters. The van der Waals surface area contributed by atoms with Crippen LogP contribution >= 0.6 is 0 Å². The van der Waals surface area contributed by atoms with E-state index >= 15 is 0 Å². The molecule has 0 N–H and O–H groups in total. The normalized spacial score (nSPS) is 15.6. The summed E-state index contributed by atoms with van der Waals surface area (Å²) in [6.45, 7) is 4.38. The Morgan fingerprint density at radius 2 is 1.78 bits per heavy atom. The van der Waals surface area contributed by atoms with Gasteiger partial charge in [-0.15, -0.1) is 0 Å². The van der Waals surface area contributed by atoms with Crippen molar-refractivity contribution in [3.63, 3.8) is 0 Å². The molecule has 0 unspecified atom stereocenters. The summed E-state index contributed by atoms with van der Waals surface area (Å²) >= 11 is 0. The monoisotopic (exact) mass is 377 g/mol. The highest BCUT2D eigenvalue weighted by molar-refractivity contribution is 5.94. The van der Waals surface area contributed by atoms with E-state index < -0.39 is 11.7 Å². The van der Waals surface area contributed by atoms with Crippen LogP contribution in [-0.2, 0) is 12.6 Å². The van der Waals surface area contributed by atoms with Crippen molar-refractivity contribution >= 4 is 11.7 Å². The van der Waals surface area contributed by atoms with E-state index in [1.807, 2.05) is 29.2 Å². The zero-order valence-electron chi connectivity index (χ0n) is 15.2. The van der Waals surface area contributed by atoms with Crippen molar-refractivity contribution in [1.29, 1.82) is 0 Å². The summed E-state index contributed by atoms with van der Waals surface area (Å²) in [6.07, 6.45) is -1.87. The summed E-state index contributed by atoms with van der Waals surface area (Å²) in [6, 6.07) is 10.1. The predicted molar refractivity (Wildman–Crippen MR) is 97.8 cm³/mol. The molecule has 2 aromatic rings. The van der Waals surface area contributed by atoms with Crippen LogP contribution in [0.3, 0.4) is 0 Å². The average Bonchev–Trinajstić information content (AvgIpc) is 2.93. The van der Waals surface area contributed by atoms with E-state index in [2.05, 4.69) is 11.9 Å². The number of anilines is 1. The van der Waals surface area contributed by atoms with Crippen molar-refractivity contribution in [2.24, 2.45) is 0 Å². The molecule has 3 rings (SSSR count). The maximum Gasteiger partial charge on any atom is 0.417 e. The molecule has 7 heteroatoms. The Morgan fingerprint density at radius 1 is 1.04 bits per heavy atom. The number of aromatic nitrogens is 1. The Labute approximate surface area is 156 Å². The topological polar surface area (TPSA) is 36.4 Å². The molecule has 0 spiro atoms. The van der Waals surface area contributed by atoms with Gasteiger partial charge in [0.25, 0.3) is 5.91 Å². The second-order valence-corrected chi connectivity index (χ2v) is 6.59. The van der Waals surface area contributed by atoms with Gasteiger partial charge >= 0.3 is 6.18 Å². The molecule has 2 heterocycles. The van der Waals surface area contributed by atoms with Gasteiger partial charge < -0.3 is 9.80 Å². The lowest BCUT2D eigenvalue weighted by atomic mass is 10.1. The highest BCUT2D eigenvalue weighted by atomic mass is 19.4. The molecule has 0 radical (unpaired) electrons. The quantitative estimate of drug-likeness (QED) is 0.811. The van der Waals surface area contributed by atoms with Crippen LogP contribution in [0.5, 0.6) is 0 Å². The summed E-state index contributed by atoms with van der Waals surface area (Å²) in [5.41, 5.74) is 1.09. The van der Waals surface area contributed by atoms with E-state index in [4.69, 9.17) is 0 Å². The molecule has 144 valence electrons. The molecule has 1 fully saturated rings. The van der Waals surface area contributed by atoms with Crippen LogP contribution in [0.15, 0.2) is 42.6 Å². The largest absolute Gasteiger partial charge is 0.417 e. The third kappa shape index (κ3) is 4.59. The van der Waals surface area contributed by atoms with Crippen LogP contribution in [0.2, 0.25) is 0 Å². The van der Waals surface area contributed by atoms with Crippen molar-refractivity contribution in [3.8, 4) is 0 Å². The van der Waals surface area contributed by atoms with Crippen LogP contribution in [0.1, 0.15) is 34.8 Å². The van der Waals surface area contributed by atoms with Gasteiger partial charge in [-0.1, -0.05) is 19.1 Å². The van der Waals surface area contributed by atoms with Gasteiger partial charge in [0.1, 0.15) is 5.82 Å². The van der Waals surface area contributed by atoms with E-state index in [0.29, 0.717) is 37.6 Å². The van der Waals surface area contributed by atoms with Gasteiger partial charge in [-0.05, 0) is 42.7 Å². The molecule has 1 aliphatic rings. The van der Waals surface area contributed by atoms with Crippen molar-refractivity contribution in [2.45, 2.75) is 25.9 Å². The minimum Gasteiger partial charge on any atom is -0.355 e. The summed E-state index contributed by atoms with van der Waals surface area (Å²) < 4.78 is 38.0. The van der Waals surface area contributed by atoms with Gasteiger partial charge in [0.15, 0.2) is 0 Å². The van der Waals surface area contributed by atoms with Crippen molar-refractivity contribution < 1.29 is 18.0 Å². The Kier molecular flexibility index (Phi) is 5.68. The number of rotatable bonds is 3. The summed E-state index contributed by atoms with van der Waals surface area (Å²) in [4.78, 5) is 20.4. The Bertz CT molecular complexity index is 773. The van der Waals surface area contributed by atoms with Gasteiger partial charge in [-0.3, -0.25) is 4.79 Å². The van der Waals surface area contributed by atoms with Crippen molar-refractivity contribution in [1.82, 2.24) is 9.88 Å². The molecule has 0 bridgehead atoms. The lowest BCUT2D eigenvalue weighted by molar-refractivity contribution is -0.137. The third-order valence-corrected chi connectivity index (χ3v) is 4.79. The van der Waals surface area contributed by atoms with E-state index in [-0.39, 0.29) is 5.91 Å². The maximum absolute atomic E-state index is 12.7. The zero-order chi connectivity index (χ0) is 19.4. The Morgan fingerprint density at radius 3 is 2.37 bits per heavy atom. The third-order valence-electron chi connectivity index (χ3n) is 4.79. The summed E-state index contributed by atoms with van der Waals surface area (Å²) in [5, 5.41) is 0. The lowest BCUT2D eigenvalue weighted by Crippen LogP contribution is -2.35. The van der Waals surface area contributed by atoms with Crippen LogP contribution in [0.25, 0.3) is 0 Å². The Balaban J connectivity index is 1.65. The smallest absolute Gasteiger partial charge is 0.355 e. The van der Waals surface area contributed by atoms with Gasteiger partial charge in [0.2, 0.25) is 0 Å². The number of alkyl halides is 3. The number of halogens is 3. The van der Waals surface area contributed by atoms with Crippen LogP contribution < -0.4 is 4.90 Å². The summed E-state index contributed by atoms with van der Waals surface area (Å²) in [5.74, 6) is 0.490. The molecular weight excluding hydrogens is 355 g/mol. The fraction of sp³-hybridized carbons (Fsp3) is 0.400. The van der Waals surface area contributed by atoms with E-state index in [1.165, 1.54) is 11.6 Å². The lowest BCUT2D eigenvalue weighted by Gasteiger charge is -2.23. The van der Waals surface area contributed by atoms with Crippen LogP contribution in [0.4, 0.5) is 19.0 Å². The molecule has 0 saturated carbocycles. The number of carbonyl (C=O) groups is 1. The number of hydrogen-bond donors (Lipinski definition) is 0. The first-order chi connectivity index (χ1) is 12.9. The minimum absolute atomic E-state index is 0.0140. The number of hydrogen-bond acceptors (Lipinski definition) is 3. The number of nitrogens with zero attached hydrogens (tertiary/aromatic N) is 3. The standard InChI is InChI=1S/C20H22F3N3O/c1-2-15-4-6-16(7-5-15)19(27)26-11-3-10-25(12-13-26)18-9-8-17(14-24-18)20(21,22)23/h4-9,14H,2-3,10-13H2,1H3. The molecule has 1 aromatic heterocycles. The van der Waals surface area contributed by atoms with Gasteiger partial charge in [-0.2, -0.15) is 13.2 Å².